The van der Waals surface area contributed by atoms with E-state index in [-0.39, 0.29) is 0 Å². The van der Waals surface area contributed by atoms with Gasteiger partial charge in [-0.3, -0.25) is 4.99 Å². The van der Waals surface area contributed by atoms with Crippen molar-refractivity contribution in [1.82, 2.24) is 0 Å². The molecule has 0 bridgehead atoms. The monoisotopic (exact) mass is 221 g/mol. The Hall–Kier alpha value is -0.960. The first-order chi connectivity index (χ1) is 7.24. The Morgan fingerprint density at radius 2 is 2.07 bits per heavy atom. The summed E-state index contributed by atoms with van der Waals surface area (Å²) in [6, 6.07) is 8.47. The lowest BCUT2D eigenvalue weighted by molar-refractivity contribution is 0.300. The van der Waals surface area contributed by atoms with E-state index in [9.17, 15) is 0 Å². The number of aryl methyl sites for hydroxylation is 1. The molecule has 1 aliphatic rings. The summed E-state index contributed by atoms with van der Waals surface area (Å²) in [5, 5.41) is 1.17. The van der Waals surface area contributed by atoms with E-state index in [0.29, 0.717) is 12.6 Å². The molecule has 0 saturated heterocycles. The molecule has 80 valence electrons. The van der Waals surface area contributed by atoms with Crippen molar-refractivity contribution in [3.05, 3.63) is 29.8 Å². The molecule has 1 heterocycles. The molecule has 2 rings (SSSR count). The maximum atomic E-state index is 5.67. The van der Waals surface area contributed by atoms with Crippen LogP contribution < -0.4 is 4.74 Å². The van der Waals surface area contributed by atoms with Gasteiger partial charge in [-0.2, -0.15) is 0 Å². The van der Waals surface area contributed by atoms with Crippen LogP contribution in [0.3, 0.4) is 0 Å². The number of benzene rings is 1. The Bertz CT molecular complexity index is 358. The van der Waals surface area contributed by atoms with Crippen LogP contribution in [0.2, 0.25) is 0 Å². The lowest BCUT2D eigenvalue weighted by Gasteiger charge is -2.09. The summed E-state index contributed by atoms with van der Waals surface area (Å²) in [5.41, 5.74) is 1.26. The van der Waals surface area contributed by atoms with E-state index >= 15 is 0 Å². The summed E-state index contributed by atoms with van der Waals surface area (Å²) in [5.74, 6) is 1.99. The number of nitrogens with zero attached hydrogens (tertiary/aromatic N) is 1. The van der Waals surface area contributed by atoms with Crippen LogP contribution in [0.1, 0.15) is 12.5 Å². The molecule has 0 saturated carbocycles. The van der Waals surface area contributed by atoms with Crippen molar-refractivity contribution < 1.29 is 4.74 Å². The van der Waals surface area contributed by atoms with Crippen LogP contribution in [0.5, 0.6) is 5.75 Å². The number of thioether (sulfide) groups is 1. The molecule has 0 fully saturated rings. The molecule has 0 amide bonds. The average molecular weight is 221 g/mol. The van der Waals surface area contributed by atoms with Crippen LogP contribution in [0.15, 0.2) is 29.3 Å². The van der Waals surface area contributed by atoms with Crippen molar-refractivity contribution in [3.8, 4) is 5.75 Å². The number of rotatable bonds is 3. The van der Waals surface area contributed by atoms with Gasteiger partial charge in [0.15, 0.2) is 0 Å². The molecule has 1 aromatic rings. The molecule has 15 heavy (non-hydrogen) atoms. The number of hydrogen-bond donors (Lipinski definition) is 0. The first kappa shape index (κ1) is 10.6. The average Bonchev–Trinajstić information content (AvgIpc) is 2.64. The van der Waals surface area contributed by atoms with Crippen molar-refractivity contribution in [2.75, 3.05) is 12.4 Å². The molecule has 0 N–H and O–H groups in total. The van der Waals surface area contributed by atoms with E-state index in [1.165, 1.54) is 10.6 Å². The van der Waals surface area contributed by atoms with Gasteiger partial charge in [-0.05, 0) is 26.0 Å². The molecule has 1 unspecified atom stereocenters. The normalized spacial score (nSPS) is 20.1. The van der Waals surface area contributed by atoms with E-state index in [1.54, 1.807) is 0 Å². The zero-order valence-corrected chi connectivity index (χ0v) is 9.88. The van der Waals surface area contributed by atoms with E-state index in [2.05, 4.69) is 31.0 Å². The third-order valence-electron chi connectivity index (χ3n) is 2.31. The van der Waals surface area contributed by atoms with Crippen molar-refractivity contribution in [3.63, 3.8) is 0 Å². The Morgan fingerprint density at radius 3 is 2.67 bits per heavy atom. The molecule has 0 radical (unpaired) electrons. The SMILES string of the molecule is CC1=NC(COc2ccc(C)cc2)CS1. The highest BCUT2D eigenvalue weighted by atomic mass is 32.2. The standard InChI is InChI=1S/C12H15NOS/c1-9-3-5-12(6-4-9)14-7-11-8-15-10(2)13-11/h3-6,11H,7-8H2,1-2H3. The van der Waals surface area contributed by atoms with Gasteiger partial charge in [-0.1, -0.05) is 17.7 Å². The van der Waals surface area contributed by atoms with E-state index < -0.39 is 0 Å². The molecule has 2 nitrogen and oxygen atoms in total. The fourth-order valence-corrected chi connectivity index (χ4v) is 2.29. The van der Waals surface area contributed by atoms with Gasteiger partial charge in [-0.25, -0.2) is 0 Å². The zero-order valence-electron chi connectivity index (χ0n) is 9.06. The lowest BCUT2D eigenvalue weighted by atomic mass is 10.2. The molecule has 3 heteroatoms. The van der Waals surface area contributed by atoms with E-state index in [0.717, 1.165) is 11.5 Å². The number of ether oxygens (including phenoxy) is 1. The second-order valence-corrected chi connectivity index (χ2v) is 4.95. The fourth-order valence-electron chi connectivity index (χ4n) is 1.46. The van der Waals surface area contributed by atoms with Gasteiger partial charge in [0.25, 0.3) is 0 Å². The minimum Gasteiger partial charge on any atom is -0.491 e. The number of aliphatic imine (C=N–C) groups is 1. The molecular formula is C12H15NOS. The highest BCUT2D eigenvalue weighted by Crippen LogP contribution is 2.19. The minimum absolute atomic E-state index is 0.330. The van der Waals surface area contributed by atoms with Gasteiger partial charge < -0.3 is 4.74 Å². The molecule has 1 aliphatic heterocycles. The zero-order chi connectivity index (χ0) is 10.7. The Morgan fingerprint density at radius 1 is 1.33 bits per heavy atom. The molecule has 0 aromatic heterocycles. The van der Waals surface area contributed by atoms with Gasteiger partial charge in [-0.15, -0.1) is 11.8 Å². The maximum Gasteiger partial charge on any atom is 0.119 e. The Labute approximate surface area is 94.7 Å². The smallest absolute Gasteiger partial charge is 0.119 e. The second kappa shape index (κ2) is 4.71. The first-order valence-electron chi connectivity index (χ1n) is 5.11. The van der Waals surface area contributed by atoms with Crippen LogP contribution in [-0.4, -0.2) is 23.4 Å². The maximum absolute atomic E-state index is 5.67. The van der Waals surface area contributed by atoms with E-state index in [4.69, 9.17) is 4.74 Å². The van der Waals surface area contributed by atoms with Gasteiger partial charge in [0.1, 0.15) is 12.4 Å². The molecular weight excluding hydrogens is 206 g/mol. The summed E-state index contributed by atoms with van der Waals surface area (Å²) >= 11 is 1.81. The summed E-state index contributed by atoms with van der Waals surface area (Å²) in [6.45, 7) is 4.81. The molecule has 0 spiro atoms. The van der Waals surface area contributed by atoms with E-state index in [1.807, 2.05) is 23.9 Å². The summed E-state index contributed by atoms with van der Waals surface area (Å²) < 4.78 is 5.67. The topological polar surface area (TPSA) is 21.6 Å². The van der Waals surface area contributed by atoms with Crippen molar-refractivity contribution in [2.45, 2.75) is 19.9 Å². The fraction of sp³-hybridized carbons (Fsp3) is 0.417. The molecule has 0 aliphatic carbocycles. The first-order valence-corrected chi connectivity index (χ1v) is 6.09. The quantitative estimate of drug-likeness (QED) is 0.782. The number of hydrogen-bond acceptors (Lipinski definition) is 3. The largest absolute Gasteiger partial charge is 0.491 e. The highest BCUT2D eigenvalue weighted by Gasteiger charge is 2.15. The van der Waals surface area contributed by atoms with Gasteiger partial charge >= 0.3 is 0 Å². The predicted molar refractivity (Wildman–Crippen MR) is 66.0 cm³/mol. The third kappa shape index (κ3) is 2.99. The second-order valence-electron chi connectivity index (χ2n) is 3.74. The van der Waals surface area contributed by atoms with Crippen LogP contribution in [0, 0.1) is 6.92 Å². The van der Waals surface area contributed by atoms with Crippen LogP contribution in [0.4, 0.5) is 0 Å². The molecule has 1 atom stereocenters. The molecule has 1 aromatic carbocycles. The van der Waals surface area contributed by atoms with Crippen LogP contribution in [0.25, 0.3) is 0 Å². The van der Waals surface area contributed by atoms with Gasteiger partial charge in [0.05, 0.1) is 11.1 Å². The van der Waals surface area contributed by atoms with Crippen molar-refractivity contribution in [2.24, 2.45) is 4.99 Å². The Kier molecular flexibility index (Phi) is 3.31. The summed E-state index contributed by atoms with van der Waals surface area (Å²) in [6.07, 6.45) is 0. The predicted octanol–water partition coefficient (Wildman–Crippen LogP) is 2.91. The highest BCUT2D eigenvalue weighted by molar-refractivity contribution is 8.14. The third-order valence-corrected chi connectivity index (χ3v) is 3.39. The summed E-state index contributed by atoms with van der Waals surface area (Å²) in [4.78, 5) is 4.48. The summed E-state index contributed by atoms with van der Waals surface area (Å²) in [7, 11) is 0. The lowest BCUT2D eigenvalue weighted by Crippen LogP contribution is -2.15. The van der Waals surface area contributed by atoms with Gasteiger partial charge in [0.2, 0.25) is 0 Å². The van der Waals surface area contributed by atoms with Gasteiger partial charge in [0, 0.05) is 5.75 Å². The Balaban J connectivity index is 1.86. The van der Waals surface area contributed by atoms with Crippen LogP contribution in [-0.2, 0) is 0 Å². The minimum atomic E-state index is 0.330. The van der Waals surface area contributed by atoms with Crippen molar-refractivity contribution >= 4 is 16.8 Å². The van der Waals surface area contributed by atoms with Crippen LogP contribution >= 0.6 is 11.8 Å². The van der Waals surface area contributed by atoms with Crippen molar-refractivity contribution in [1.29, 1.82) is 0 Å².